The second-order valence-corrected chi connectivity index (χ2v) is 6.35. The van der Waals surface area contributed by atoms with Crippen LogP contribution < -0.4 is 10.1 Å². The molecular formula is C20H27NO2. The topological polar surface area (TPSA) is 41.5 Å². The van der Waals surface area contributed by atoms with Crippen LogP contribution >= 0.6 is 0 Å². The Morgan fingerprint density at radius 3 is 2.39 bits per heavy atom. The minimum Gasteiger partial charge on any atom is -0.493 e. The van der Waals surface area contributed by atoms with E-state index in [0.29, 0.717) is 5.92 Å². The van der Waals surface area contributed by atoms with E-state index in [2.05, 4.69) is 44.3 Å². The Kier molecular flexibility index (Phi) is 6.63. The van der Waals surface area contributed by atoms with Gasteiger partial charge in [0.1, 0.15) is 5.75 Å². The summed E-state index contributed by atoms with van der Waals surface area (Å²) < 4.78 is 5.70. The number of rotatable bonds is 8. The molecule has 0 spiro atoms. The smallest absolute Gasteiger partial charge is 0.119 e. The number of aliphatic hydroxyl groups excluding tert-OH is 1. The van der Waals surface area contributed by atoms with E-state index in [-0.39, 0.29) is 12.6 Å². The number of ether oxygens (including phenoxy) is 1. The van der Waals surface area contributed by atoms with Gasteiger partial charge >= 0.3 is 0 Å². The second-order valence-electron chi connectivity index (χ2n) is 6.35. The highest BCUT2D eigenvalue weighted by Gasteiger charge is 2.06. The van der Waals surface area contributed by atoms with Crippen LogP contribution in [0.2, 0.25) is 0 Å². The zero-order valence-corrected chi connectivity index (χ0v) is 14.3. The van der Waals surface area contributed by atoms with Crippen molar-refractivity contribution in [2.24, 2.45) is 5.92 Å². The summed E-state index contributed by atoms with van der Waals surface area (Å²) in [4.78, 5) is 0. The predicted octanol–water partition coefficient (Wildman–Crippen LogP) is 4.06. The molecule has 124 valence electrons. The number of aliphatic hydroxyl groups is 1. The van der Waals surface area contributed by atoms with Crippen molar-refractivity contribution in [1.29, 1.82) is 0 Å². The highest BCUT2D eigenvalue weighted by molar-refractivity contribution is 5.28. The highest BCUT2D eigenvalue weighted by Crippen LogP contribution is 2.17. The van der Waals surface area contributed by atoms with Gasteiger partial charge in [-0.3, -0.25) is 0 Å². The first-order valence-electron chi connectivity index (χ1n) is 8.23. The summed E-state index contributed by atoms with van der Waals surface area (Å²) in [6, 6.07) is 16.5. The zero-order valence-electron chi connectivity index (χ0n) is 14.3. The van der Waals surface area contributed by atoms with E-state index in [1.54, 1.807) is 0 Å². The van der Waals surface area contributed by atoms with Crippen LogP contribution in [0.5, 0.6) is 5.75 Å². The molecule has 3 nitrogen and oxygen atoms in total. The summed E-state index contributed by atoms with van der Waals surface area (Å²) in [5, 5.41) is 12.7. The maximum Gasteiger partial charge on any atom is 0.119 e. The van der Waals surface area contributed by atoms with Gasteiger partial charge in [0.25, 0.3) is 0 Å². The van der Waals surface area contributed by atoms with E-state index in [9.17, 15) is 5.11 Å². The minimum atomic E-state index is 0.0817. The molecule has 0 saturated carbocycles. The van der Waals surface area contributed by atoms with Crippen LogP contribution in [0.3, 0.4) is 0 Å². The van der Waals surface area contributed by atoms with Crippen LogP contribution in [0.25, 0.3) is 0 Å². The average molecular weight is 313 g/mol. The number of hydrogen-bond donors (Lipinski definition) is 2. The van der Waals surface area contributed by atoms with E-state index in [1.807, 2.05) is 30.3 Å². The van der Waals surface area contributed by atoms with Gasteiger partial charge in [0.15, 0.2) is 0 Å². The molecule has 0 aliphatic carbocycles. The van der Waals surface area contributed by atoms with Crippen LogP contribution in [0, 0.1) is 5.92 Å². The monoisotopic (exact) mass is 313 g/mol. The average Bonchev–Trinajstić information content (AvgIpc) is 2.58. The molecule has 0 fully saturated rings. The van der Waals surface area contributed by atoms with Gasteiger partial charge in [-0.05, 0) is 41.7 Å². The normalized spacial score (nSPS) is 12.4. The van der Waals surface area contributed by atoms with E-state index < -0.39 is 0 Å². The summed E-state index contributed by atoms with van der Waals surface area (Å²) in [7, 11) is 0. The molecule has 2 N–H and O–H groups in total. The third kappa shape index (κ3) is 5.70. The first-order valence-corrected chi connectivity index (χ1v) is 8.23. The van der Waals surface area contributed by atoms with Crippen molar-refractivity contribution < 1.29 is 9.84 Å². The van der Waals surface area contributed by atoms with Crippen molar-refractivity contribution in [2.45, 2.75) is 40.0 Å². The van der Waals surface area contributed by atoms with Gasteiger partial charge in [-0.1, -0.05) is 50.2 Å². The Labute approximate surface area is 139 Å². The Morgan fingerprint density at radius 1 is 1.00 bits per heavy atom. The lowest BCUT2D eigenvalue weighted by molar-refractivity contribution is 0.271. The molecule has 2 aromatic rings. The summed E-state index contributed by atoms with van der Waals surface area (Å²) in [6.45, 7) is 8.05. The van der Waals surface area contributed by atoms with Crippen LogP contribution in [-0.2, 0) is 13.2 Å². The van der Waals surface area contributed by atoms with E-state index >= 15 is 0 Å². The second kappa shape index (κ2) is 8.70. The molecule has 0 radical (unpaired) electrons. The SMILES string of the molecule is CC(C)COc1ccc(CNC(C)c2cccc(CO)c2)cc1. The lowest BCUT2D eigenvalue weighted by Gasteiger charge is -2.15. The van der Waals surface area contributed by atoms with E-state index in [4.69, 9.17) is 4.74 Å². The predicted molar refractivity (Wildman–Crippen MR) is 94.4 cm³/mol. The van der Waals surface area contributed by atoms with Gasteiger partial charge in [-0.2, -0.15) is 0 Å². The molecule has 0 aromatic heterocycles. The van der Waals surface area contributed by atoms with E-state index in [1.165, 1.54) is 11.1 Å². The molecule has 3 heteroatoms. The van der Waals surface area contributed by atoms with Crippen LogP contribution in [0.4, 0.5) is 0 Å². The van der Waals surface area contributed by atoms with Crippen LogP contribution in [0.1, 0.15) is 43.5 Å². The number of nitrogens with one attached hydrogen (secondary N) is 1. The molecule has 1 atom stereocenters. The van der Waals surface area contributed by atoms with E-state index in [0.717, 1.165) is 24.5 Å². The third-order valence-corrected chi connectivity index (χ3v) is 3.75. The zero-order chi connectivity index (χ0) is 16.7. The third-order valence-electron chi connectivity index (χ3n) is 3.75. The summed E-state index contributed by atoms with van der Waals surface area (Å²) in [5.74, 6) is 1.46. The van der Waals surface area contributed by atoms with Gasteiger partial charge in [0.2, 0.25) is 0 Å². The van der Waals surface area contributed by atoms with Crippen molar-refractivity contribution in [2.75, 3.05) is 6.61 Å². The molecule has 0 saturated heterocycles. The minimum absolute atomic E-state index is 0.0817. The van der Waals surface area contributed by atoms with Crippen molar-refractivity contribution >= 4 is 0 Å². The summed E-state index contributed by atoms with van der Waals surface area (Å²) >= 11 is 0. The standard InChI is InChI=1S/C20H27NO2/c1-15(2)14-23-20-9-7-17(8-10-20)12-21-16(3)19-6-4-5-18(11-19)13-22/h4-11,15-16,21-22H,12-14H2,1-3H3. The molecule has 0 aliphatic heterocycles. The molecule has 0 amide bonds. The Balaban J connectivity index is 1.87. The Bertz CT molecular complexity index is 593. The fourth-order valence-electron chi connectivity index (χ4n) is 2.32. The molecule has 23 heavy (non-hydrogen) atoms. The van der Waals surface area contributed by atoms with Gasteiger partial charge in [0, 0.05) is 12.6 Å². The fraction of sp³-hybridized carbons (Fsp3) is 0.400. The maximum absolute atomic E-state index is 9.22. The van der Waals surface area contributed by atoms with Gasteiger partial charge in [0.05, 0.1) is 13.2 Å². The van der Waals surface area contributed by atoms with Crippen LogP contribution in [0.15, 0.2) is 48.5 Å². The summed E-state index contributed by atoms with van der Waals surface area (Å²) in [5.41, 5.74) is 3.36. The molecule has 2 rings (SSSR count). The lowest BCUT2D eigenvalue weighted by Crippen LogP contribution is -2.18. The van der Waals surface area contributed by atoms with Crippen molar-refractivity contribution in [1.82, 2.24) is 5.32 Å². The van der Waals surface area contributed by atoms with Crippen LogP contribution in [-0.4, -0.2) is 11.7 Å². The van der Waals surface area contributed by atoms with Gasteiger partial charge in [-0.25, -0.2) is 0 Å². The Morgan fingerprint density at radius 2 is 1.74 bits per heavy atom. The molecule has 1 unspecified atom stereocenters. The number of benzene rings is 2. The highest BCUT2D eigenvalue weighted by atomic mass is 16.5. The molecular weight excluding hydrogens is 286 g/mol. The molecule has 0 bridgehead atoms. The Hall–Kier alpha value is -1.84. The lowest BCUT2D eigenvalue weighted by atomic mass is 10.1. The number of hydrogen-bond acceptors (Lipinski definition) is 3. The molecule has 0 aliphatic rings. The first-order chi connectivity index (χ1) is 11.1. The van der Waals surface area contributed by atoms with Gasteiger partial charge in [-0.15, -0.1) is 0 Å². The largest absolute Gasteiger partial charge is 0.493 e. The molecule has 0 heterocycles. The first kappa shape index (κ1) is 17.5. The van der Waals surface area contributed by atoms with Crippen molar-refractivity contribution in [3.05, 3.63) is 65.2 Å². The maximum atomic E-state index is 9.22. The summed E-state index contributed by atoms with van der Waals surface area (Å²) in [6.07, 6.45) is 0. The van der Waals surface area contributed by atoms with Crippen molar-refractivity contribution in [3.8, 4) is 5.75 Å². The quantitative estimate of drug-likeness (QED) is 0.772. The molecule has 2 aromatic carbocycles. The fourth-order valence-corrected chi connectivity index (χ4v) is 2.32. The van der Waals surface area contributed by atoms with Crippen molar-refractivity contribution in [3.63, 3.8) is 0 Å². The van der Waals surface area contributed by atoms with Gasteiger partial charge < -0.3 is 15.2 Å².